The lowest BCUT2D eigenvalue weighted by atomic mass is 10.1. The van der Waals surface area contributed by atoms with Gasteiger partial charge in [0.2, 0.25) is 0 Å². The van der Waals surface area contributed by atoms with Crippen molar-refractivity contribution in [1.29, 1.82) is 0 Å². The molecule has 6 nitrogen and oxygen atoms in total. The molecular formula is C12H8F4N4O2. The monoisotopic (exact) mass is 316 g/mol. The molecule has 0 spiro atoms. The summed E-state index contributed by atoms with van der Waals surface area (Å²) in [6.07, 6.45) is -5.17. The van der Waals surface area contributed by atoms with Gasteiger partial charge in [-0.25, -0.2) is 13.8 Å². The number of benzene rings is 1. The van der Waals surface area contributed by atoms with Gasteiger partial charge in [0.25, 0.3) is 0 Å². The predicted octanol–water partition coefficient (Wildman–Crippen LogP) is 1.48. The lowest BCUT2D eigenvalue weighted by Crippen LogP contribution is -2.29. The van der Waals surface area contributed by atoms with E-state index in [-0.39, 0.29) is 18.1 Å². The molecule has 0 unspecified atom stereocenters. The van der Waals surface area contributed by atoms with E-state index in [4.69, 9.17) is 0 Å². The van der Waals surface area contributed by atoms with Gasteiger partial charge in [-0.15, -0.1) is 5.10 Å². The standard InChI is InChI=1S/C12H8F4N4O2/c13-7-2-1-6-4-17-5-9-18-19-11(20(9)8(6)3-7)22-10(21)12(14,15)16/h1-3,17H,4-5H2. The number of esters is 1. The molecule has 10 heteroatoms. The number of hydrogen-bond donors (Lipinski definition) is 1. The van der Waals surface area contributed by atoms with E-state index in [0.717, 1.165) is 10.6 Å². The van der Waals surface area contributed by atoms with Crippen molar-refractivity contribution in [2.24, 2.45) is 0 Å². The molecule has 1 aliphatic heterocycles. The molecule has 22 heavy (non-hydrogen) atoms. The number of carbonyl (C=O) groups is 1. The molecule has 3 rings (SSSR count). The summed E-state index contributed by atoms with van der Waals surface area (Å²) >= 11 is 0. The maximum Gasteiger partial charge on any atom is 0.491 e. The maximum absolute atomic E-state index is 13.4. The Bertz CT molecular complexity index is 741. The van der Waals surface area contributed by atoms with Crippen LogP contribution in [0.4, 0.5) is 17.6 Å². The van der Waals surface area contributed by atoms with E-state index in [2.05, 4.69) is 20.3 Å². The summed E-state index contributed by atoms with van der Waals surface area (Å²) in [5.41, 5.74) is 0.819. The molecule has 0 amide bonds. The van der Waals surface area contributed by atoms with Gasteiger partial charge in [0.15, 0.2) is 5.82 Å². The van der Waals surface area contributed by atoms with Crippen LogP contribution in [0.2, 0.25) is 0 Å². The van der Waals surface area contributed by atoms with E-state index in [1.54, 1.807) is 0 Å². The van der Waals surface area contributed by atoms with Gasteiger partial charge in [0, 0.05) is 6.54 Å². The summed E-state index contributed by atoms with van der Waals surface area (Å²) in [6.45, 7) is 0.526. The van der Waals surface area contributed by atoms with Crippen molar-refractivity contribution in [2.75, 3.05) is 0 Å². The summed E-state index contributed by atoms with van der Waals surface area (Å²) in [4.78, 5) is 11.0. The summed E-state index contributed by atoms with van der Waals surface area (Å²) in [6, 6.07) is 3.15. The Morgan fingerprint density at radius 1 is 1.27 bits per heavy atom. The molecule has 0 saturated carbocycles. The zero-order valence-corrected chi connectivity index (χ0v) is 10.8. The van der Waals surface area contributed by atoms with Crippen molar-refractivity contribution < 1.29 is 27.1 Å². The first-order chi connectivity index (χ1) is 10.4. The average molecular weight is 316 g/mol. The van der Waals surface area contributed by atoms with Crippen LogP contribution in [0.5, 0.6) is 6.01 Å². The highest BCUT2D eigenvalue weighted by Crippen LogP contribution is 2.27. The van der Waals surface area contributed by atoms with E-state index >= 15 is 0 Å². The number of nitrogens with zero attached hydrogens (tertiary/aromatic N) is 3. The zero-order valence-electron chi connectivity index (χ0n) is 10.8. The van der Waals surface area contributed by atoms with Gasteiger partial charge in [-0.1, -0.05) is 11.2 Å². The Hall–Kier alpha value is -2.49. The molecule has 2 heterocycles. The lowest BCUT2D eigenvalue weighted by molar-refractivity contribution is -0.190. The third-order valence-electron chi connectivity index (χ3n) is 3.00. The molecule has 0 bridgehead atoms. The largest absolute Gasteiger partial charge is 0.491 e. The topological polar surface area (TPSA) is 69.0 Å². The van der Waals surface area contributed by atoms with Crippen molar-refractivity contribution >= 4 is 5.97 Å². The van der Waals surface area contributed by atoms with E-state index in [1.807, 2.05) is 0 Å². The van der Waals surface area contributed by atoms with Gasteiger partial charge < -0.3 is 10.1 Å². The van der Waals surface area contributed by atoms with Crippen LogP contribution in [0.25, 0.3) is 5.69 Å². The van der Waals surface area contributed by atoms with Crippen molar-refractivity contribution in [3.63, 3.8) is 0 Å². The van der Waals surface area contributed by atoms with Gasteiger partial charge in [0.1, 0.15) is 5.82 Å². The number of hydrogen-bond acceptors (Lipinski definition) is 5. The molecule has 0 saturated heterocycles. The third kappa shape index (κ3) is 2.52. The second-order valence-corrected chi connectivity index (χ2v) is 4.50. The first-order valence-electron chi connectivity index (χ1n) is 6.09. The number of rotatable bonds is 1. The Morgan fingerprint density at radius 2 is 2.05 bits per heavy atom. The van der Waals surface area contributed by atoms with Crippen LogP contribution in [0.15, 0.2) is 18.2 Å². The highest BCUT2D eigenvalue weighted by Gasteiger charge is 2.42. The number of alkyl halides is 3. The van der Waals surface area contributed by atoms with Crippen LogP contribution in [0, 0.1) is 5.82 Å². The fraction of sp³-hybridized carbons (Fsp3) is 0.250. The van der Waals surface area contributed by atoms with Crippen LogP contribution in [0.1, 0.15) is 11.4 Å². The van der Waals surface area contributed by atoms with Crippen LogP contribution in [-0.2, 0) is 17.9 Å². The maximum atomic E-state index is 13.4. The lowest BCUT2D eigenvalue weighted by Gasteiger charge is -2.11. The quantitative estimate of drug-likeness (QED) is 0.637. The zero-order chi connectivity index (χ0) is 15.9. The summed E-state index contributed by atoms with van der Waals surface area (Å²) in [5.74, 6) is -2.81. The van der Waals surface area contributed by atoms with Gasteiger partial charge in [0.05, 0.1) is 12.2 Å². The third-order valence-corrected chi connectivity index (χ3v) is 3.00. The highest BCUT2D eigenvalue weighted by atomic mass is 19.4. The molecule has 1 aromatic heterocycles. The number of aromatic nitrogens is 3. The molecule has 0 aliphatic carbocycles. The van der Waals surface area contributed by atoms with Crippen molar-refractivity contribution in [3.05, 3.63) is 35.4 Å². The number of fused-ring (bicyclic) bond motifs is 3. The molecule has 0 atom stereocenters. The minimum absolute atomic E-state index is 0.173. The van der Waals surface area contributed by atoms with Gasteiger partial charge in [-0.3, -0.25) is 0 Å². The number of nitrogens with one attached hydrogen (secondary N) is 1. The van der Waals surface area contributed by atoms with E-state index in [1.165, 1.54) is 12.1 Å². The predicted molar refractivity (Wildman–Crippen MR) is 63.6 cm³/mol. The SMILES string of the molecule is O=C(Oc1nnc2n1-c1cc(F)ccc1CNC2)C(F)(F)F. The first-order valence-corrected chi connectivity index (χ1v) is 6.09. The van der Waals surface area contributed by atoms with E-state index < -0.39 is 24.0 Å². The van der Waals surface area contributed by atoms with Crippen LogP contribution < -0.4 is 10.1 Å². The van der Waals surface area contributed by atoms with Crippen LogP contribution in [0.3, 0.4) is 0 Å². The molecule has 1 aliphatic rings. The van der Waals surface area contributed by atoms with E-state index in [0.29, 0.717) is 12.1 Å². The first kappa shape index (κ1) is 14.4. The number of carbonyl (C=O) groups excluding carboxylic acids is 1. The van der Waals surface area contributed by atoms with Gasteiger partial charge in [-0.05, 0) is 17.7 Å². The van der Waals surface area contributed by atoms with E-state index in [9.17, 15) is 22.4 Å². The number of halogens is 4. The Morgan fingerprint density at radius 3 is 2.77 bits per heavy atom. The smallest absolute Gasteiger partial charge is 0.384 e. The van der Waals surface area contributed by atoms with Crippen molar-refractivity contribution in [2.45, 2.75) is 19.3 Å². The Kier molecular flexibility index (Phi) is 3.32. The molecule has 116 valence electrons. The van der Waals surface area contributed by atoms with Crippen molar-refractivity contribution in [1.82, 2.24) is 20.1 Å². The van der Waals surface area contributed by atoms with Crippen molar-refractivity contribution in [3.8, 4) is 11.7 Å². The highest BCUT2D eigenvalue weighted by molar-refractivity contribution is 5.77. The second-order valence-electron chi connectivity index (χ2n) is 4.50. The summed E-state index contributed by atoms with van der Waals surface area (Å²) in [7, 11) is 0. The summed E-state index contributed by atoms with van der Waals surface area (Å²) in [5, 5.41) is 10.1. The summed E-state index contributed by atoms with van der Waals surface area (Å²) < 4.78 is 55.7. The average Bonchev–Trinajstić information content (AvgIpc) is 2.73. The van der Waals surface area contributed by atoms with Gasteiger partial charge >= 0.3 is 18.2 Å². The van der Waals surface area contributed by atoms with Crippen LogP contribution in [-0.4, -0.2) is 26.9 Å². The Labute approximate surface area is 120 Å². The van der Waals surface area contributed by atoms with Gasteiger partial charge in [-0.2, -0.15) is 13.2 Å². The molecule has 2 aromatic rings. The Balaban J connectivity index is 2.08. The fourth-order valence-corrected chi connectivity index (χ4v) is 2.07. The fourth-order valence-electron chi connectivity index (χ4n) is 2.07. The molecule has 0 fully saturated rings. The minimum atomic E-state index is -5.17. The minimum Gasteiger partial charge on any atom is -0.384 e. The molecule has 1 N–H and O–H groups in total. The normalized spacial score (nSPS) is 14.0. The number of ether oxygens (including phenoxy) is 1. The molecule has 1 aromatic carbocycles. The molecular weight excluding hydrogens is 308 g/mol. The van der Waals surface area contributed by atoms with Crippen LogP contribution >= 0.6 is 0 Å². The second kappa shape index (κ2) is 5.05. The molecule has 0 radical (unpaired) electrons.